The van der Waals surface area contributed by atoms with Crippen LogP contribution in [-0.4, -0.2) is 51.1 Å². The van der Waals surface area contributed by atoms with Crippen LogP contribution < -0.4 is 0 Å². The van der Waals surface area contributed by atoms with Crippen molar-refractivity contribution in [1.82, 2.24) is 0 Å². The first-order valence-corrected chi connectivity index (χ1v) is 3.41. The van der Waals surface area contributed by atoms with Crippen molar-refractivity contribution in [2.24, 2.45) is 0 Å². The zero-order chi connectivity index (χ0) is 8.59. The first-order chi connectivity index (χ1) is 5.04. The summed E-state index contributed by atoms with van der Waals surface area (Å²) in [4.78, 5) is 0. The predicted molar refractivity (Wildman–Crippen MR) is 34.6 cm³/mol. The molecule has 1 heterocycles. The molecule has 5 atom stereocenters. The Morgan fingerprint density at radius 2 is 1.45 bits per heavy atom. The molecule has 1 fully saturated rings. The lowest BCUT2D eigenvalue weighted by Crippen LogP contribution is -2.56. The van der Waals surface area contributed by atoms with Crippen LogP contribution in [-0.2, 0) is 4.74 Å². The van der Waals surface area contributed by atoms with Gasteiger partial charge in [0.05, 0.1) is 6.10 Å². The van der Waals surface area contributed by atoms with E-state index in [9.17, 15) is 0 Å². The Labute approximate surface area is 63.8 Å². The largest absolute Gasteiger partial charge is 0.388 e. The van der Waals surface area contributed by atoms with Gasteiger partial charge in [-0.25, -0.2) is 0 Å². The third-order valence-electron chi connectivity index (χ3n) is 1.83. The second-order valence-electron chi connectivity index (χ2n) is 2.70. The standard InChI is InChI=1S/C6H12O5/c1-2-3(7)4(8)5(9)6(10)11-2/h2-10H,1H3/t2?,3-,4+,5+,6+/m1/s1. The van der Waals surface area contributed by atoms with E-state index < -0.39 is 30.7 Å². The number of aliphatic hydroxyl groups excluding tert-OH is 4. The van der Waals surface area contributed by atoms with Gasteiger partial charge in [0.2, 0.25) is 0 Å². The van der Waals surface area contributed by atoms with E-state index in [4.69, 9.17) is 20.4 Å². The Balaban J connectivity index is 2.63. The Hall–Kier alpha value is -0.200. The van der Waals surface area contributed by atoms with E-state index in [1.165, 1.54) is 6.92 Å². The van der Waals surface area contributed by atoms with Crippen LogP contribution in [0.2, 0.25) is 0 Å². The molecule has 0 radical (unpaired) electrons. The lowest BCUT2D eigenvalue weighted by molar-refractivity contribution is -0.277. The molecule has 1 unspecified atom stereocenters. The van der Waals surface area contributed by atoms with Crippen LogP contribution in [0.5, 0.6) is 0 Å². The molecule has 0 aliphatic carbocycles. The highest BCUT2D eigenvalue weighted by Crippen LogP contribution is 2.18. The van der Waals surface area contributed by atoms with Crippen LogP contribution in [0.3, 0.4) is 0 Å². The molecule has 0 saturated carbocycles. The maximum absolute atomic E-state index is 9.09. The Kier molecular flexibility index (Phi) is 2.46. The van der Waals surface area contributed by atoms with Gasteiger partial charge in [0, 0.05) is 0 Å². The fourth-order valence-electron chi connectivity index (χ4n) is 1.03. The first kappa shape index (κ1) is 8.89. The number of rotatable bonds is 0. The first-order valence-electron chi connectivity index (χ1n) is 3.41. The quantitative estimate of drug-likeness (QED) is 0.326. The van der Waals surface area contributed by atoms with Gasteiger partial charge in [-0.1, -0.05) is 0 Å². The summed E-state index contributed by atoms with van der Waals surface area (Å²) in [6.07, 6.45) is -5.99. The molecule has 5 heteroatoms. The fraction of sp³-hybridized carbons (Fsp3) is 1.00. The van der Waals surface area contributed by atoms with Crippen molar-refractivity contribution < 1.29 is 25.2 Å². The molecule has 1 aliphatic rings. The van der Waals surface area contributed by atoms with Gasteiger partial charge in [0.1, 0.15) is 18.3 Å². The monoisotopic (exact) mass is 164 g/mol. The van der Waals surface area contributed by atoms with E-state index in [0.29, 0.717) is 0 Å². The lowest BCUT2D eigenvalue weighted by atomic mass is 10.0. The van der Waals surface area contributed by atoms with Crippen molar-refractivity contribution in [3.8, 4) is 0 Å². The van der Waals surface area contributed by atoms with Crippen LogP contribution in [0.4, 0.5) is 0 Å². The molecule has 11 heavy (non-hydrogen) atoms. The van der Waals surface area contributed by atoms with Crippen molar-refractivity contribution in [3.05, 3.63) is 0 Å². The molecule has 0 aromatic rings. The molecule has 0 bridgehead atoms. The van der Waals surface area contributed by atoms with E-state index in [0.717, 1.165) is 0 Å². The molecule has 4 N–H and O–H groups in total. The number of hydrogen-bond acceptors (Lipinski definition) is 5. The van der Waals surface area contributed by atoms with Crippen LogP contribution >= 0.6 is 0 Å². The molecule has 5 nitrogen and oxygen atoms in total. The second kappa shape index (κ2) is 3.04. The van der Waals surface area contributed by atoms with E-state index in [1.54, 1.807) is 0 Å². The zero-order valence-electron chi connectivity index (χ0n) is 6.08. The summed E-state index contributed by atoms with van der Waals surface area (Å²) in [5, 5.41) is 36.0. The van der Waals surface area contributed by atoms with Gasteiger partial charge in [-0.15, -0.1) is 0 Å². The van der Waals surface area contributed by atoms with Gasteiger partial charge in [-0.2, -0.15) is 0 Å². The highest BCUT2D eigenvalue weighted by molar-refractivity contribution is 4.86. The lowest BCUT2D eigenvalue weighted by Gasteiger charge is -2.36. The van der Waals surface area contributed by atoms with Gasteiger partial charge in [-0.3, -0.25) is 0 Å². The summed E-state index contributed by atoms with van der Waals surface area (Å²) < 4.78 is 4.68. The predicted octanol–water partition coefficient (Wildman–Crippen LogP) is -2.19. The molecular weight excluding hydrogens is 152 g/mol. The minimum atomic E-state index is -1.43. The number of ether oxygens (including phenoxy) is 1. The van der Waals surface area contributed by atoms with E-state index in [-0.39, 0.29) is 0 Å². The van der Waals surface area contributed by atoms with Crippen LogP contribution in [0.15, 0.2) is 0 Å². The molecule has 0 aromatic heterocycles. The maximum Gasteiger partial charge on any atom is 0.183 e. The summed E-state index contributed by atoms with van der Waals surface area (Å²) in [7, 11) is 0. The van der Waals surface area contributed by atoms with Crippen LogP contribution in [0.25, 0.3) is 0 Å². The summed E-state index contributed by atoms with van der Waals surface area (Å²) in [6, 6.07) is 0. The third kappa shape index (κ3) is 1.52. The van der Waals surface area contributed by atoms with Gasteiger partial charge in [0.15, 0.2) is 6.29 Å². The Morgan fingerprint density at radius 3 is 2.00 bits per heavy atom. The highest BCUT2D eigenvalue weighted by atomic mass is 16.6. The number of hydrogen-bond donors (Lipinski definition) is 4. The van der Waals surface area contributed by atoms with Crippen molar-refractivity contribution in [3.63, 3.8) is 0 Å². The van der Waals surface area contributed by atoms with Crippen molar-refractivity contribution in [2.45, 2.75) is 37.6 Å². The van der Waals surface area contributed by atoms with Crippen molar-refractivity contribution in [1.29, 1.82) is 0 Å². The molecule has 1 saturated heterocycles. The van der Waals surface area contributed by atoms with E-state index in [1.807, 2.05) is 0 Å². The van der Waals surface area contributed by atoms with Gasteiger partial charge < -0.3 is 25.2 Å². The molecule has 0 aromatic carbocycles. The molecule has 0 amide bonds. The Bertz CT molecular complexity index is 125. The molecule has 66 valence electrons. The molecule has 0 spiro atoms. The summed E-state index contributed by atoms with van der Waals surface area (Å²) >= 11 is 0. The smallest absolute Gasteiger partial charge is 0.183 e. The van der Waals surface area contributed by atoms with Crippen molar-refractivity contribution in [2.75, 3.05) is 0 Å². The average molecular weight is 164 g/mol. The average Bonchev–Trinajstić information content (AvgIpc) is 1.97. The van der Waals surface area contributed by atoms with Crippen LogP contribution in [0.1, 0.15) is 6.92 Å². The fourth-order valence-corrected chi connectivity index (χ4v) is 1.03. The summed E-state index contributed by atoms with van der Waals surface area (Å²) in [5.41, 5.74) is 0. The Morgan fingerprint density at radius 1 is 0.909 bits per heavy atom. The molecule has 1 aliphatic heterocycles. The minimum absolute atomic E-state index is 0.664. The van der Waals surface area contributed by atoms with Gasteiger partial charge >= 0.3 is 0 Å². The zero-order valence-corrected chi connectivity index (χ0v) is 6.08. The summed E-state index contributed by atoms with van der Waals surface area (Å²) in [5.74, 6) is 0. The van der Waals surface area contributed by atoms with Crippen molar-refractivity contribution >= 4 is 0 Å². The van der Waals surface area contributed by atoms with Gasteiger partial charge in [-0.05, 0) is 6.92 Å². The summed E-state index contributed by atoms with van der Waals surface area (Å²) in [6.45, 7) is 1.50. The third-order valence-corrected chi connectivity index (χ3v) is 1.83. The minimum Gasteiger partial charge on any atom is -0.388 e. The SMILES string of the molecule is CC1O[C@H](O)[C@@H](O)[C@@H](O)[C@@H]1O. The normalized spacial score (nSPS) is 52.6. The maximum atomic E-state index is 9.09. The second-order valence-corrected chi connectivity index (χ2v) is 2.70. The van der Waals surface area contributed by atoms with Gasteiger partial charge in [0.25, 0.3) is 0 Å². The molecular formula is C6H12O5. The van der Waals surface area contributed by atoms with Crippen LogP contribution in [0, 0.1) is 0 Å². The van der Waals surface area contributed by atoms with E-state index in [2.05, 4.69) is 4.74 Å². The van der Waals surface area contributed by atoms with E-state index >= 15 is 0 Å². The topological polar surface area (TPSA) is 90.2 Å². The number of aliphatic hydroxyl groups is 4. The molecule has 1 rings (SSSR count). The highest BCUT2D eigenvalue weighted by Gasteiger charge is 2.40.